The first-order chi connectivity index (χ1) is 6.75. The standard InChI is InChI=1S/C9H14ClN3O/c10-8-6-13(12-9(8)11)5-7-1-3-14-4-2-7/h6-7H,1-5H2,(H2,11,12). The first-order valence-corrected chi connectivity index (χ1v) is 5.19. The number of nitrogen functional groups attached to an aromatic ring is 1. The molecule has 1 aliphatic rings. The Balaban J connectivity index is 1.95. The first-order valence-electron chi connectivity index (χ1n) is 4.82. The lowest BCUT2D eigenvalue weighted by molar-refractivity contribution is 0.0602. The van der Waals surface area contributed by atoms with Crippen LogP contribution in [0.2, 0.25) is 5.02 Å². The fourth-order valence-electron chi connectivity index (χ4n) is 1.70. The fourth-order valence-corrected chi connectivity index (χ4v) is 1.85. The largest absolute Gasteiger partial charge is 0.381 e. The van der Waals surface area contributed by atoms with Crippen molar-refractivity contribution in [1.29, 1.82) is 0 Å². The summed E-state index contributed by atoms with van der Waals surface area (Å²) in [5.74, 6) is 1.05. The minimum atomic E-state index is 0.415. The molecule has 2 heterocycles. The van der Waals surface area contributed by atoms with Gasteiger partial charge in [-0.2, -0.15) is 5.10 Å². The number of nitrogens with zero attached hydrogens (tertiary/aromatic N) is 2. The molecule has 0 aromatic carbocycles. The minimum absolute atomic E-state index is 0.415. The van der Waals surface area contributed by atoms with Crippen LogP contribution in [0.4, 0.5) is 5.82 Å². The van der Waals surface area contributed by atoms with Gasteiger partial charge in [0, 0.05) is 26.0 Å². The van der Waals surface area contributed by atoms with Crippen molar-refractivity contribution in [3.63, 3.8) is 0 Å². The lowest BCUT2D eigenvalue weighted by Crippen LogP contribution is -2.20. The van der Waals surface area contributed by atoms with E-state index < -0.39 is 0 Å². The van der Waals surface area contributed by atoms with Crippen LogP contribution < -0.4 is 5.73 Å². The molecule has 0 atom stereocenters. The van der Waals surface area contributed by atoms with E-state index in [-0.39, 0.29) is 0 Å². The Kier molecular flexibility index (Phi) is 2.93. The van der Waals surface area contributed by atoms with Crippen LogP contribution in [0, 0.1) is 5.92 Å². The van der Waals surface area contributed by atoms with Gasteiger partial charge in [-0.1, -0.05) is 11.6 Å². The Labute approximate surface area is 88.0 Å². The van der Waals surface area contributed by atoms with Crippen LogP contribution in [0.5, 0.6) is 0 Å². The molecule has 5 heteroatoms. The Hall–Kier alpha value is -0.740. The third kappa shape index (κ3) is 2.19. The molecule has 4 nitrogen and oxygen atoms in total. The van der Waals surface area contributed by atoms with E-state index in [0.29, 0.717) is 16.8 Å². The van der Waals surface area contributed by atoms with Gasteiger partial charge >= 0.3 is 0 Å². The molecule has 1 fully saturated rings. The molecule has 78 valence electrons. The van der Waals surface area contributed by atoms with E-state index in [9.17, 15) is 0 Å². The number of ether oxygens (including phenoxy) is 1. The molecule has 0 spiro atoms. The second-order valence-corrected chi connectivity index (χ2v) is 4.05. The third-order valence-corrected chi connectivity index (χ3v) is 2.82. The number of rotatable bonds is 2. The highest BCUT2D eigenvalue weighted by atomic mass is 35.5. The Morgan fingerprint density at radius 3 is 2.86 bits per heavy atom. The first kappa shape index (κ1) is 9.80. The molecule has 14 heavy (non-hydrogen) atoms. The maximum atomic E-state index is 5.81. The SMILES string of the molecule is Nc1nn(CC2CCOCC2)cc1Cl. The van der Waals surface area contributed by atoms with Crippen LogP contribution in [0.1, 0.15) is 12.8 Å². The maximum absolute atomic E-state index is 5.81. The van der Waals surface area contributed by atoms with Crippen LogP contribution in [-0.4, -0.2) is 23.0 Å². The minimum Gasteiger partial charge on any atom is -0.381 e. The topological polar surface area (TPSA) is 53.1 Å². The average molecular weight is 216 g/mol. The molecule has 1 aliphatic heterocycles. The van der Waals surface area contributed by atoms with E-state index >= 15 is 0 Å². The zero-order valence-corrected chi connectivity index (χ0v) is 8.70. The van der Waals surface area contributed by atoms with Crippen molar-refractivity contribution in [2.75, 3.05) is 18.9 Å². The molecule has 0 saturated carbocycles. The number of hydrogen-bond donors (Lipinski definition) is 1. The van der Waals surface area contributed by atoms with Crippen molar-refractivity contribution in [1.82, 2.24) is 9.78 Å². The highest BCUT2D eigenvalue weighted by Crippen LogP contribution is 2.20. The number of nitrogens with two attached hydrogens (primary N) is 1. The molecule has 2 N–H and O–H groups in total. The number of halogens is 1. The second kappa shape index (κ2) is 4.19. The number of anilines is 1. The molecule has 0 bridgehead atoms. The Bertz CT molecular complexity index is 288. The van der Waals surface area contributed by atoms with Crippen molar-refractivity contribution in [2.45, 2.75) is 19.4 Å². The molecule has 1 aromatic heterocycles. The Morgan fingerprint density at radius 1 is 1.57 bits per heavy atom. The lowest BCUT2D eigenvalue weighted by Gasteiger charge is -2.21. The van der Waals surface area contributed by atoms with Crippen molar-refractivity contribution < 1.29 is 4.74 Å². The number of aromatic nitrogens is 2. The highest BCUT2D eigenvalue weighted by Gasteiger charge is 2.15. The van der Waals surface area contributed by atoms with Gasteiger partial charge in [0.2, 0.25) is 0 Å². The maximum Gasteiger partial charge on any atom is 0.164 e. The van der Waals surface area contributed by atoms with Gasteiger partial charge in [-0.05, 0) is 18.8 Å². The van der Waals surface area contributed by atoms with Crippen LogP contribution in [0.3, 0.4) is 0 Å². The lowest BCUT2D eigenvalue weighted by atomic mass is 10.0. The van der Waals surface area contributed by atoms with Crippen LogP contribution >= 0.6 is 11.6 Å². The van der Waals surface area contributed by atoms with Gasteiger partial charge in [0.25, 0.3) is 0 Å². The monoisotopic (exact) mass is 215 g/mol. The molecule has 2 rings (SSSR count). The van der Waals surface area contributed by atoms with E-state index in [1.54, 1.807) is 6.20 Å². The second-order valence-electron chi connectivity index (χ2n) is 3.64. The van der Waals surface area contributed by atoms with Crippen molar-refractivity contribution in [3.05, 3.63) is 11.2 Å². The molecule has 0 unspecified atom stereocenters. The van der Waals surface area contributed by atoms with Crippen LogP contribution in [0.15, 0.2) is 6.20 Å². The summed E-state index contributed by atoms with van der Waals surface area (Å²) in [6.07, 6.45) is 3.97. The van der Waals surface area contributed by atoms with Crippen LogP contribution in [0.25, 0.3) is 0 Å². The zero-order valence-electron chi connectivity index (χ0n) is 7.95. The summed E-state index contributed by atoms with van der Waals surface area (Å²) < 4.78 is 7.11. The smallest absolute Gasteiger partial charge is 0.164 e. The normalized spacial score (nSPS) is 18.6. The zero-order chi connectivity index (χ0) is 9.97. The van der Waals surface area contributed by atoms with Crippen molar-refractivity contribution in [3.8, 4) is 0 Å². The van der Waals surface area contributed by atoms with Gasteiger partial charge in [0.15, 0.2) is 5.82 Å². The molecule has 1 saturated heterocycles. The van der Waals surface area contributed by atoms with Gasteiger partial charge in [-0.15, -0.1) is 0 Å². The molecule has 0 aliphatic carbocycles. The molecule has 0 amide bonds. The van der Waals surface area contributed by atoms with E-state index in [1.807, 2.05) is 4.68 Å². The van der Waals surface area contributed by atoms with Crippen LogP contribution in [-0.2, 0) is 11.3 Å². The summed E-state index contributed by atoms with van der Waals surface area (Å²) in [5, 5.41) is 4.66. The summed E-state index contributed by atoms with van der Waals surface area (Å²) in [5.41, 5.74) is 5.56. The van der Waals surface area contributed by atoms with Gasteiger partial charge in [0.1, 0.15) is 5.02 Å². The average Bonchev–Trinajstić information content (AvgIpc) is 2.47. The predicted molar refractivity (Wildman–Crippen MR) is 55.2 cm³/mol. The fraction of sp³-hybridized carbons (Fsp3) is 0.667. The number of hydrogen-bond acceptors (Lipinski definition) is 3. The molecule has 0 radical (unpaired) electrons. The van der Waals surface area contributed by atoms with E-state index in [2.05, 4.69) is 5.10 Å². The van der Waals surface area contributed by atoms with E-state index in [0.717, 1.165) is 32.6 Å². The van der Waals surface area contributed by atoms with Gasteiger partial charge in [0.05, 0.1) is 0 Å². The van der Waals surface area contributed by atoms with E-state index in [1.165, 1.54) is 0 Å². The Morgan fingerprint density at radius 2 is 2.29 bits per heavy atom. The molecule has 1 aromatic rings. The van der Waals surface area contributed by atoms with Crippen molar-refractivity contribution in [2.24, 2.45) is 5.92 Å². The summed E-state index contributed by atoms with van der Waals surface area (Å²) in [7, 11) is 0. The van der Waals surface area contributed by atoms with Gasteiger partial charge < -0.3 is 10.5 Å². The van der Waals surface area contributed by atoms with Crippen molar-refractivity contribution >= 4 is 17.4 Å². The van der Waals surface area contributed by atoms with Gasteiger partial charge in [-0.25, -0.2) is 0 Å². The highest BCUT2D eigenvalue weighted by molar-refractivity contribution is 6.32. The van der Waals surface area contributed by atoms with Gasteiger partial charge in [-0.3, -0.25) is 4.68 Å². The molecular formula is C9H14ClN3O. The predicted octanol–water partition coefficient (Wildman–Crippen LogP) is 1.55. The summed E-state index contributed by atoms with van der Waals surface area (Å²) in [4.78, 5) is 0. The molecular weight excluding hydrogens is 202 g/mol. The quantitative estimate of drug-likeness (QED) is 0.815. The third-order valence-electron chi connectivity index (χ3n) is 2.53. The van der Waals surface area contributed by atoms with E-state index in [4.69, 9.17) is 22.1 Å². The summed E-state index contributed by atoms with van der Waals surface area (Å²) >= 11 is 5.81. The summed E-state index contributed by atoms with van der Waals surface area (Å²) in [6.45, 7) is 2.60. The summed E-state index contributed by atoms with van der Waals surface area (Å²) in [6, 6.07) is 0.